The van der Waals surface area contributed by atoms with Gasteiger partial charge >= 0.3 is 0 Å². The third-order valence-electron chi connectivity index (χ3n) is 8.67. The molecule has 4 aromatic carbocycles. The van der Waals surface area contributed by atoms with Gasteiger partial charge in [-0.05, 0) is 60.2 Å². The number of aromatic nitrogens is 3. The van der Waals surface area contributed by atoms with Crippen molar-refractivity contribution < 1.29 is 9.13 Å². The largest absolute Gasteiger partial charge is 0.295 e. The summed E-state index contributed by atoms with van der Waals surface area (Å²) in [6.45, 7) is 11.5. The molecule has 0 radical (unpaired) electrons. The summed E-state index contributed by atoms with van der Waals surface area (Å²) in [6.07, 6.45) is 2.24. The van der Waals surface area contributed by atoms with Crippen LogP contribution in [0, 0.1) is 6.92 Å². The average Bonchev–Trinajstić information content (AvgIpc) is 3.29. The summed E-state index contributed by atoms with van der Waals surface area (Å²) < 4.78 is 7.17. The summed E-state index contributed by atoms with van der Waals surface area (Å²) in [5.74, 6) is 1.99. The molecular weight excluding hydrogens is 510 g/mol. The Kier molecular flexibility index (Phi) is 7.28. The van der Waals surface area contributed by atoms with E-state index >= 15 is 0 Å². The number of nitrogens with zero attached hydrogens (tertiary/aromatic N) is 3. The molecule has 0 atom stereocenters. The van der Waals surface area contributed by atoms with E-state index in [1.54, 1.807) is 0 Å². The molecule has 6 rings (SSSR count). The maximum Gasteiger partial charge on any atom is 0.295 e. The van der Waals surface area contributed by atoms with Crippen molar-refractivity contribution >= 4 is 11.0 Å². The van der Waals surface area contributed by atoms with Crippen LogP contribution in [0.1, 0.15) is 56.2 Å². The lowest BCUT2D eigenvalue weighted by Crippen LogP contribution is -2.32. The first-order chi connectivity index (χ1) is 20.3. The van der Waals surface area contributed by atoms with E-state index in [-0.39, 0.29) is 0 Å². The van der Waals surface area contributed by atoms with Crippen molar-refractivity contribution in [3.63, 3.8) is 0 Å². The fourth-order valence-electron chi connectivity index (χ4n) is 6.46. The molecule has 0 aliphatic heterocycles. The second kappa shape index (κ2) is 11.1. The Labute approximate surface area is 250 Å². The second-order valence-electron chi connectivity index (χ2n) is 12.1. The molecule has 3 nitrogen and oxygen atoms in total. The minimum absolute atomic E-state index is 0.396. The van der Waals surface area contributed by atoms with Crippen molar-refractivity contribution in [2.75, 3.05) is 0 Å². The fourth-order valence-corrected chi connectivity index (χ4v) is 6.46. The van der Waals surface area contributed by atoms with Gasteiger partial charge in [0.1, 0.15) is 12.7 Å². The topological polar surface area (TPSA) is 12.7 Å². The van der Waals surface area contributed by atoms with Gasteiger partial charge in [-0.25, -0.2) is 9.13 Å². The van der Waals surface area contributed by atoms with Gasteiger partial charge in [0.05, 0.1) is 12.6 Å². The summed E-state index contributed by atoms with van der Waals surface area (Å²) in [5.41, 5.74) is 13.9. The molecule has 0 fully saturated rings. The van der Waals surface area contributed by atoms with E-state index < -0.39 is 0 Å². The van der Waals surface area contributed by atoms with E-state index in [2.05, 4.69) is 172 Å². The molecule has 6 aromatic rings. The van der Waals surface area contributed by atoms with Crippen LogP contribution in [0.15, 0.2) is 109 Å². The zero-order valence-corrected chi connectivity index (χ0v) is 25.9. The SMILES string of the molecule is Cc1c(-c2ccc(-c3ccccc3)c[n+]2C)cccc1-c1n(-c2c(C(C)C)cccc2C(C)C)c2ccccc2[n+]1C. The molecule has 0 unspecified atom stereocenters. The van der Waals surface area contributed by atoms with Gasteiger partial charge in [0.25, 0.3) is 5.82 Å². The summed E-state index contributed by atoms with van der Waals surface area (Å²) in [4.78, 5) is 0. The summed E-state index contributed by atoms with van der Waals surface area (Å²) in [7, 11) is 4.36. The van der Waals surface area contributed by atoms with Crippen molar-refractivity contribution in [3.8, 4) is 39.5 Å². The molecule has 3 heteroatoms. The van der Waals surface area contributed by atoms with Crippen molar-refractivity contribution in [2.24, 2.45) is 14.1 Å². The number of rotatable bonds is 6. The molecule has 0 aliphatic carbocycles. The molecule has 42 heavy (non-hydrogen) atoms. The van der Waals surface area contributed by atoms with Gasteiger partial charge in [-0.1, -0.05) is 94.4 Å². The standard InChI is InChI=1S/C39H41N3/c1-26(2)31-17-13-18-32(27(3)4)38(31)42-37-22-12-11-21-36(37)41(7)39(42)34-20-14-19-33(28(34)5)35-24-23-30(25-40(35)6)29-15-9-8-10-16-29/h8-27H,1-7H3/q+2. The molecule has 0 saturated heterocycles. The van der Waals surface area contributed by atoms with E-state index in [4.69, 9.17) is 0 Å². The number of aryl methyl sites for hydroxylation is 2. The van der Waals surface area contributed by atoms with Crippen molar-refractivity contribution in [1.29, 1.82) is 0 Å². The van der Waals surface area contributed by atoms with Crippen LogP contribution in [0.4, 0.5) is 0 Å². The Balaban J connectivity index is 1.62. The van der Waals surface area contributed by atoms with Crippen LogP contribution >= 0.6 is 0 Å². The summed E-state index contributed by atoms with van der Waals surface area (Å²) in [6, 6.07) is 37.5. The second-order valence-corrected chi connectivity index (χ2v) is 12.1. The zero-order chi connectivity index (χ0) is 29.5. The Hall–Kier alpha value is -4.50. The number of benzene rings is 4. The van der Waals surface area contributed by atoms with Crippen LogP contribution in [-0.2, 0) is 14.1 Å². The predicted molar refractivity (Wildman–Crippen MR) is 175 cm³/mol. The number of fused-ring (bicyclic) bond motifs is 1. The summed E-state index contributed by atoms with van der Waals surface area (Å²) in [5, 5.41) is 0. The molecule has 0 aliphatic rings. The van der Waals surface area contributed by atoms with Gasteiger partial charge in [-0.2, -0.15) is 4.57 Å². The van der Waals surface area contributed by atoms with E-state index in [1.807, 2.05) is 0 Å². The monoisotopic (exact) mass is 551 g/mol. The summed E-state index contributed by atoms with van der Waals surface area (Å²) >= 11 is 0. The van der Waals surface area contributed by atoms with Gasteiger partial charge in [-0.3, -0.25) is 0 Å². The fraction of sp³-hybridized carbons (Fsp3) is 0.231. The lowest BCUT2D eigenvalue weighted by Gasteiger charge is -2.19. The van der Waals surface area contributed by atoms with Gasteiger partial charge in [-0.15, -0.1) is 0 Å². The Morgan fingerprint density at radius 1 is 0.595 bits per heavy atom. The molecule has 2 aromatic heterocycles. The molecule has 0 saturated carbocycles. The maximum absolute atomic E-state index is 2.53. The predicted octanol–water partition coefficient (Wildman–Crippen LogP) is 8.84. The first-order valence-corrected chi connectivity index (χ1v) is 15.1. The van der Waals surface area contributed by atoms with Gasteiger partial charge in [0, 0.05) is 28.3 Å². The average molecular weight is 552 g/mol. The molecule has 0 bridgehead atoms. The van der Waals surface area contributed by atoms with Crippen LogP contribution in [-0.4, -0.2) is 4.57 Å². The third-order valence-corrected chi connectivity index (χ3v) is 8.67. The van der Waals surface area contributed by atoms with Crippen LogP contribution in [0.3, 0.4) is 0 Å². The molecule has 0 N–H and O–H groups in total. The highest BCUT2D eigenvalue weighted by Gasteiger charge is 2.32. The lowest BCUT2D eigenvalue weighted by atomic mass is 9.92. The molecular formula is C39H41N3+2. The van der Waals surface area contributed by atoms with E-state index in [1.165, 1.54) is 67.2 Å². The first kappa shape index (κ1) is 27.7. The highest BCUT2D eigenvalue weighted by atomic mass is 15.2. The number of hydrogen-bond donors (Lipinski definition) is 0. The third kappa shape index (κ3) is 4.63. The quantitative estimate of drug-likeness (QED) is 0.183. The number of hydrogen-bond acceptors (Lipinski definition) is 0. The number of imidazole rings is 1. The Bertz CT molecular complexity index is 1880. The van der Waals surface area contributed by atoms with Crippen LogP contribution in [0.25, 0.3) is 50.5 Å². The van der Waals surface area contributed by atoms with Crippen molar-refractivity contribution in [3.05, 3.63) is 126 Å². The highest BCUT2D eigenvalue weighted by Crippen LogP contribution is 2.38. The van der Waals surface area contributed by atoms with E-state index in [0.717, 1.165) is 0 Å². The van der Waals surface area contributed by atoms with Crippen molar-refractivity contribution in [1.82, 2.24) is 4.57 Å². The minimum atomic E-state index is 0.396. The molecule has 210 valence electrons. The van der Waals surface area contributed by atoms with Gasteiger partial charge < -0.3 is 0 Å². The number of pyridine rings is 1. The zero-order valence-electron chi connectivity index (χ0n) is 25.9. The van der Waals surface area contributed by atoms with E-state index in [0.29, 0.717) is 11.8 Å². The minimum Gasteiger partial charge on any atom is -0.225 e. The van der Waals surface area contributed by atoms with Crippen LogP contribution in [0.2, 0.25) is 0 Å². The first-order valence-electron chi connectivity index (χ1n) is 15.1. The normalized spacial score (nSPS) is 11.6. The maximum atomic E-state index is 2.53. The lowest BCUT2D eigenvalue weighted by molar-refractivity contribution is -0.659. The highest BCUT2D eigenvalue weighted by molar-refractivity contribution is 5.82. The van der Waals surface area contributed by atoms with Crippen LogP contribution < -0.4 is 9.13 Å². The van der Waals surface area contributed by atoms with Crippen LogP contribution in [0.5, 0.6) is 0 Å². The van der Waals surface area contributed by atoms with Gasteiger partial charge in [0.2, 0.25) is 5.69 Å². The van der Waals surface area contributed by atoms with Crippen molar-refractivity contribution in [2.45, 2.75) is 46.5 Å². The smallest absolute Gasteiger partial charge is 0.225 e. The van der Waals surface area contributed by atoms with Gasteiger partial charge in [0.15, 0.2) is 17.2 Å². The number of para-hydroxylation sites is 3. The van der Waals surface area contributed by atoms with E-state index in [9.17, 15) is 0 Å². The Morgan fingerprint density at radius 3 is 1.88 bits per heavy atom. The molecule has 0 spiro atoms. The molecule has 2 heterocycles. The molecule has 0 amide bonds. The Morgan fingerprint density at radius 2 is 1.21 bits per heavy atom.